The second-order valence-electron chi connectivity index (χ2n) is 3.94. The van der Waals surface area contributed by atoms with E-state index in [1.54, 1.807) is 18.5 Å². The first-order valence-electron chi connectivity index (χ1n) is 5.86. The van der Waals surface area contributed by atoms with Gasteiger partial charge in [0.1, 0.15) is 16.5 Å². The van der Waals surface area contributed by atoms with Gasteiger partial charge in [-0.15, -0.1) is 0 Å². The maximum atomic E-state index is 8.36. The second kappa shape index (κ2) is 6.62. The van der Waals surface area contributed by atoms with E-state index in [1.807, 2.05) is 24.3 Å². The van der Waals surface area contributed by atoms with E-state index in [0.717, 1.165) is 16.6 Å². The van der Waals surface area contributed by atoms with Crippen LogP contribution in [0.1, 0.15) is 0 Å². The first-order chi connectivity index (χ1) is 10.2. The largest absolute Gasteiger partial charge is 0.483 e. The van der Waals surface area contributed by atoms with Gasteiger partial charge in [0.05, 0.1) is 5.69 Å². The number of halogens is 1. The monoisotopic (exact) mass is 302 g/mol. The lowest BCUT2D eigenvalue weighted by Crippen LogP contribution is -1.94. The number of carbonyl (C=O) groups is 1. The molecule has 7 heteroatoms. The summed E-state index contributed by atoms with van der Waals surface area (Å²) < 4.78 is 0. The minimum absolute atomic E-state index is 0.250. The van der Waals surface area contributed by atoms with Gasteiger partial charge in [-0.05, 0) is 24.3 Å². The van der Waals surface area contributed by atoms with Crippen molar-refractivity contribution in [2.24, 2.45) is 0 Å². The van der Waals surface area contributed by atoms with Crippen LogP contribution in [0, 0.1) is 0 Å². The zero-order chi connectivity index (χ0) is 15.2. The zero-order valence-corrected chi connectivity index (χ0v) is 11.5. The summed E-state index contributed by atoms with van der Waals surface area (Å²) in [6, 6.07) is 9.37. The average Bonchev–Trinajstić information content (AvgIpc) is 2.49. The Morgan fingerprint density at radius 1 is 1.14 bits per heavy atom. The Bertz CT molecular complexity index is 763. The van der Waals surface area contributed by atoms with Crippen LogP contribution in [0.2, 0.25) is 5.15 Å². The summed E-state index contributed by atoms with van der Waals surface area (Å²) in [7, 11) is 0. The Balaban J connectivity index is 0.000000497. The highest BCUT2D eigenvalue weighted by Gasteiger charge is 2.04. The molecule has 3 N–H and O–H groups in total. The minimum Gasteiger partial charge on any atom is -0.483 e. The number of hydrogen-bond acceptors (Lipinski definition) is 5. The van der Waals surface area contributed by atoms with Gasteiger partial charge in [0.15, 0.2) is 0 Å². The number of hydrogen-bond donors (Lipinski definition) is 2. The third-order valence-electron chi connectivity index (χ3n) is 2.66. The number of nitrogen functional groups attached to an aromatic ring is 1. The number of pyridine rings is 3. The molecule has 0 atom stereocenters. The molecule has 0 unspecified atom stereocenters. The highest BCUT2D eigenvalue weighted by Crippen LogP contribution is 2.23. The van der Waals surface area contributed by atoms with Gasteiger partial charge in [0.2, 0.25) is 0 Å². The summed E-state index contributed by atoms with van der Waals surface area (Å²) in [4.78, 5) is 20.9. The molecule has 0 amide bonds. The molecule has 0 aliphatic rings. The van der Waals surface area contributed by atoms with E-state index in [1.165, 1.54) is 0 Å². The summed E-state index contributed by atoms with van der Waals surface area (Å²) >= 11 is 5.76. The lowest BCUT2D eigenvalue weighted by molar-refractivity contribution is -0.122. The standard InChI is InChI=1S/C13H9ClN4.CH2O2/c14-11-4-2-9(7-17-11)10-3-1-8-5-6-16-13(15)12(8)18-10;2-1-3/h1-7H,(H2,15,16);1H,(H,2,3). The Morgan fingerprint density at radius 3 is 2.57 bits per heavy atom. The summed E-state index contributed by atoms with van der Waals surface area (Å²) in [5.41, 5.74) is 8.21. The predicted octanol–water partition coefficient (Wildman–Crippen LogP) is 2.63. The van der Waals surface area contributed by atoms with Crippen LogP contribution in [-0.4, -0.2) is 26.5 Å². The Morgan fingerprint density at radius 2 is 1.90 bits per heavy atom. The number of anilines is 1. The number of nitrogens with zero attached hydrogens (tertiary/aromatic N) is 3. The van der Waals surface area contributed by atoms with Crippen molar-refractivity contribution < 1.29 is 9.90 Å². The number of nitrogens with two attached hydrogens (primary N) is 1. The third-order valence-corrected chi connectivity index (χ3v) is 2.88. The van der Waals surface area contributed by atoms with Crippen molar-refractivity contribution in [1.82, 2.24) is 15.0 Å². The molecule has 6 nitrogen and oxygen atoms in total. The fraction of sp³-hybridized carbons (Fsp3) is 0. The predicted molar refractivity (Wildman–Crippen MR) is 80.9 cm³/mol. The van der Waals surface area contributed by atoms with Crippen LogP contribution in [0.5, 0.6) is 0 Å². The third kappa shape index (κ3) is 3.43. The van der Waals surface area contributed by atoms with Gasteiger partial charge in [0, 0.05) is 23.3 Å². The molecule has 3 aromatic rings. The lowest BCUT2D eigenvalue weighted by atomic mass is 10.1. The van der Waals surface area contributed by atoms with Gasteiger partial charge in [0.25, 0.3) is 6.47 Å². The molecule has 3 heterocycles. The van der Waals surface area contributed by atoms with Crippen molar-refractivity contribution in [2.45, 2.75) is 0 Å². The van der Waals surface area contributed by atoms with Crippen LogP contribution in [0.3, 0.4) is 0 Å². The van der Waals surface area contributed by atoms with E-state index in [0.29, 0.717) is 16.5 Å². The van der Waals surface area contributed by atoms with Crippen molar-refractivity contribution in [3.05, 3.63) is 47.9 Å². The lowest BCUT2D eigenvalue weighted by Gasteiger charge is -2.04. The summed E-state index contributed by atoms with van der Waals surface area (Å²) in [6.07, 6.45) is 3.35. The molecule has 106 valence electrons. The molecule has 21 heavy (non-hydrogen) atoms. The minimum atomic E-state index is -0.250. The average molecular weight is 303 g/mol. The molecule has 0 fully saturated rings. The van der Waals surface area contributed by atoms with Crippen molar-refractivity contribution in [3.8, 4) is 11.3 Å². The van der Waals surface area contributed by atoms with Gasteiger partial charge in [-0.3, -0.25) is 4.79 Å². The zero-order valence-electron chi connectivity index (χ0n) is 10.8. The normalized spacial score (nSPS) is 9.76. The second-order valence-corrected chi connectivity index (χ2v) is 4.33. The van der Waals surface area contributed by atoms with Gasteiger partial charge in [-0.2, -0.15) is 0 Å². The SMILES string of the molecule is Nc1nccc2ccc(-c3ccc(Cl)nc3)nc12.O=CO. The van der Waals surface area contributed by atoms with Crippen molar-refractivity contribution in [3.63, 3.8) is 0 Å². The van der Waals surface area contributed by atoms with E-state index in [9.17, 15) is 0 Å². The number of carboxylic acid groups (broad SMARTS) is 1. The maximum absolute atomic E-state index is 8.36. The van der Waals surface area contributed by atoms with Crippen LogP contribution in [0.4, 0.5) is 5.82 Å². The van der Waals surface area contributed by atoms with Gasteiger partial charge in [-0.1, -0.05) is 17.7 Å². The molecule has 0 saturated heterocycles. The highest BCUT2D eigenvalue weighted by molar-refractivity contribution is 6.29. The first kappa shape index (κ1) is 14.7. The molecule has 3 aromatic heterocycles. The van der Waals surface area contributed by atoms with E-state index >= 15 is 0 Å². The highest BCUT2D eigenvalue weighted by atomic mass is 35.5. The summed E-state index contributed by atoms with van der Waals surface area (Å²) in [5.74, 6) is 0.427. The van der Waals surface area contributed by atoms with Crippen molar-refractivity contribution >= 4 is 34.8 Å². The summed E-state index contributed by atoms with van der Waals surface area (Å²) in [6.45, 7) is -0.250. The van der Waals surface area contributed by atoms with E-state index in [2.05, 4.69) is 15.0 Å². The molecule has 3 rings (SSSR count). The molecular weight excluding hydrogens is 292 g/mol. The van der Waals surface area contributed by atoms with E-state index in [-0.39, 0.29) is 6.47 Å². The molecule has 0 aliphatic carbocycles. The molecule has 0 aliphatic heterocycles. The fourth-order valence-electron chi connectivity index (χ4n) is 1.76. The maximum Gasteiger partial charge on any atom is 0.290 e. The van der Waals surface area contributed by atoms with Gasteiger partial charge < -0.3 is 10.8 Å². The van der Waals surface area contributed by atoms with Crippen LogP contribution in [-0.2, 0) is 4.79 Å². The first-order valence-corrected chi connectivity index (χ1v) is 6.24. The smallest absolute Gasteiger partial charge is 0.290 e. The van der Waals surface area contributed by atoms with Crippen LogP contribution < -0.4 is 5.73 Å². The van der Waals surface area contributed by atoms with Crippen molar-refractivity contribution in [1.29, 1.82) is 0 Å². The summed E-state index contributed by atoms with van der Waals surface area (Å²) in [5, 5.41) is 8.31. The van der Waals surface area contributed by atoms with Crippen LogP contribution >= 0.6 is 11.6 Å². The number of rotatable bonds is 1. The molecule has 0 saturated carbocycles. The number of aromatic nitrogens is 3. The van der Waals surface area contributed by atoms with E-state index < -0.39 is 0 Å². The van der Waals surface area contributed by atoms with Gasteiger partial charge >= 0.3 is 0 Å². The Hall–Kier alpha value is -2.73. The quantitative estimate of drug-likeness (QED) is 0.529. The van der Waals surface area contributed by atoms with Gasteiger partial charge in [-0.25, -0.2) is 15.0 Å². The molecular formula is C14H11ClN4O2. The van der Waals surface area contributed by atoms with Crippen LogP contribution in [0.25, 0.3) is 22.2 Å². The fourth-order valence-corrected chi connectivity index (χ4v) is 1.87. The molecule has 0 bridgehead atoms. The van der Waals surface area contributed by atoms with Crippen LogP contribution in [0.15, 0.2) is 42.7 Å². The Labute approximate surface area is 125 Å². The van der Waals surface area contributed by atoms with Crippen molar-refractivity contribution in [2.75, 3.05) is 5.73 Å². The number of fused-ring (bicyclic) bond motifs is 1. The topological polar surface area (TPSA) is 102 Å². The molecule has 0 aromatic carbocycles. The van der Waals surface area contributed by atoms with E-state index in [4.69, 9.17) is 27.2 Å². The molecule has 0 radical (unpaired) electrons. The Kier molecular flexibility index (Phi) is 4.63. The molecule has 0 spiro atoms.